The minimum Gasteiger partial charge on any atom is -0.494 e. The van der Waals surface area contributed by atoms with Gasteiger partial charge in [-0.05, 0) is 66.6 Å². The average molecular weight is 397 g/mol. The zero-order valence-electron chi connectivity index (χ0n) is 16.0. The predicted octanol–water partition coefficient (Wildman–Crippen LogP) is 4.90. The molecule has 0 spiro atoms. The molecule has 2 amide bonds. The molecule has 6 heteroatoms. The molecule has 1 heterocycles. The zero-order chi connectivity index (χ0) is 19.9. The fourth-order valence-corrected chi connectivity index (χ4v) is 3.55. The number of hydrogen-bond donors (Lipinski definition) is 0. The van der Waals surface area contributed by atoms with Crippen LogP contribution in [0, 0.1) is 6.92 Å². The Labute approximate surface area is 169 Å². The minimum atomic E-state index is -0.283. The molecule has 0 unspecified atom stereocenters. The summed E-state index contributed by atoms with van der Waals surface area (Å²) in [5, 5.41) is -0.271. The number of hydrogen-bond acceptors (Lipinski definition) is 5. The molecule has 3 rings (SSSR count). The van der Waals surface area contributed by atoms with E-state index in [-0.39, 0.29) is 24.3 Å². The van der Waals surface area contributed by atoms with Crippen LogP contribution in [-0.4, -0.2) is 35.8 Å². The van der Waals surface area contributed by atoms with Gasteiger partial charge in [0.05, 0.1) is 18.1 Å². The van der Waals surface area contributed by atoms with E-state index in [1.54, 1.807) is 6.08 Å². The Balaban J connectivity index is 1.58. The molecule has 0 aromatic heterocycles. The number of rotatable bonds is 8. The number of carbonyl (C=O) groups is 2. The highest BCUT2D eigenvalue weighted by molar-refractivity contribution is 8.18. The third-order valence-corrected chi connectivity index (χ3v) is 5.00. The van der Waals surface area contributed by atoms with Crippen molar-refractivity contribution in [3.63, 3.8) is 0 Å². The first-order valence-electron chi connectivity index (χ1n) is 9.24. The van der Waals surface area contributed by atoms with E-state index in [0.717, 1.165) is 40.8 Å². The van der Waals surface area contributed by atoms with Crippen LogP contribution in [0.4, 0.5) is 4.79 Å². The molecular weight excluding hydrogens is 374 g/mol. The van der Waals surface area contributed by atoms with Crippen molar-refractivity contribution in [2.45, 2.75) is 20.3 Å². The van der Waals surface area contributed by atoms with Gasteiger partial charge in [0.2, 0.25) is 0 Å². The van der Waals surface area contributed by atoms with Crippen molar-refractivity contribution in [3.05, 3.63) is 64.6 Å². The molecule has 1 saturated heterocycles. The van der Waals surface area contributed by atoms with Crippen LogP contribution >= 0.6 is 11.8 Å². The van der Waals surface area contributed by atoms with Gasteiger partial charge in [0.25, 0.3) is 11.1 Å². The summed E-state index contributed by atoms with van der Waals surface area (Å²) < 4.78 is 11.2. The summed E-state index contributed by atoms with van der Waals surface area (Å²) in [5.74, 6) is 1.24. The van der Waals surface area contributed by atoms with E-state index in [0.29, 0.717) is 11.5 Å². The first kappa shape index (κ1) is 20.0. The molecule has 0 bridgehead atoms. The van der Waals surface area contributed by atoms with E-state index < -0.39 is 0 Å². The van der Waals surface area contributed by atoms with Crippen LogP contribution in [0.3, 0.4) is 0 Å². The first-order valence-corrected chi connectivity index (χ1v) is 10.1. The van der Waals surface area contributed by atoms with E-state index in [4.69, 9.17) is 9.47 Å². The number of thioether (sulfide) groups is 1. The predicted molar refractivity (Wildman–Crippen MR) is 112 cm³/mol. The summed E-state index contributed by atoms with van der Waals surface area (Å²) in [5.41, 5.74) is 1.95. The molecule has 0 N–H and O–H groups in total. The molecule has 0 aliphatic carbocycles. The third kappa shape index (κ3) is 5.16. The molecule has 1 aliphatic rings. The number of amides is 2. The fourth-order valence-electron chi connectivity index (χ4n) is 2.68. The van der Waals surface area contributed by atoms with E-state index >= 15 is 0 Å². The number of ether oxygens (including phenoxy) is 2. The lowest BCUT2D eigenvalue weighted by Gasteiger charge is -2.13. The Morgan fingerprint density at radius 2 is 1.75 bits per heavy atom. The number of imide groups is 1. The normalized spacial score (nSPS) is 15.4. The second kappa shape index (κ2) is 9.46. The molecule has 0 saturated carbocycles. The molecule has 1 fully saturated rings. The van der Waals surface area contributed by atoms with Crippen molar-refractivity contribution in [3.8, 4) is 11.5 Å². The van der Waals surface area contributed by atoms with Gasteiger partial charge >= 0.3 is 0 Å². The quantitative estimate of drug-likeness (QED) is 0.593. The summed E-state index contributed by atoms with van der Waals surface area (Å²) in [7, 11) is 0. The van der Waals surface area contributed by atoms with Crippen LogP contribution < -0.4 is 9.47 Å². The molecule has 1 aliphatic heterocycles. The molecule has 2 aromatic carbocycles. The van der Waals surface area contributed by atoms with Crippen LogP contribution in [0.15, 0.2) is 53.4 Å². The Hall–Kier alpha value is -2.73. The van der Waals surface area contributed by atoms with Gasteiger partial charge < -0.3 is 9.47 Å². The summed E-state index contributed by atoms with van der Waals surface area (Å²) in [4.78, 5) is 26.4. The Morgan fingerprint density at radius 1 is 1.00 bits per heavy atom. The van der Waals surface area contributed by atoms with Gasteiger partial charge in [0, 0.05) is 0 Å². The number of benzene rings is 2. The van der Waals surface area contributed by atoms with Crippen molar-refractivity contribution < 1.29 is 19.1 Å². The van der Waals surface area contributed by atoms with Gasteiger partial charge in [-0.25, -0.2) is 0 Å². The lowest BCUT2D eigenvalue weighted by atomic mass is 10.2. The molecule has 0 atom stereocenters. The monoisotopic (exact) mass is 397 g/mol. The second-order valence-corrected chi connectivity index (χ2v) is 7.41. The van der Waals surface area contributed by atoms with Gasteiger partial charge in [0.1, 0.15) is 18.1 Å². The zero-order valence-corrected chi connectivity index (χ0v) is 16.8. The maximum absolute atomic E-state index is 12.6. The van der Waals surface area contributed by atoms with Gasteiger partial charge in [-0.1, -0.05) is 31.2 Å². The summed E-state index contributed by atoms with van der Waals surface area (Å²) in [6.45, 7) is 5.19. The molecule has 2 aromatic rings. The standard InChI is InChI=1S/C22H23NO4S/c1-3-12-26-18-9-7-17(8-10-18)15-20-21(24)23(22(25)28-20)11-13-27-19-6-4-5-16(2)14-19/h4-10,14-15H,3,11-13H2,1-2H3/b20-15-. The molecule has 0 radical (unpaired) electrons. The lowest BCUT2D eigenvalue weighted by molar-refractivity contribution is -0.123. The van der Waals surface area contributed by atoms with E-state index in [9.17, 15) is 9.59 Å². The smallest absolute Gasteiger partial charge is 0.293 e. The molecule has 146 valence electrons. The van der Waals surface area contributed by atoms with Gasteiger partial charge in [-0.3, -0.25) is 14.5 Å². The maximum atomic E-state index is 12.6. The summed E-state index contributed by atoms with van der Waals surface area (Å²) in [6, 6.07) is 15.1. The van der Waals surface area contributed by atoms with Crippen LogP contribution in [0.1, 0.15) is 24.5 Å². The summed E-state index contributed by atoms with van der Waals surface area (Å²) >= 11 is 0.955. The van der Waals surface area contributed by atoms with Gasteiger partial charge in [-0.2, -0.15) is 0 Å². The molecule has 28 heavy (non-hydrogen) atoms. The SMILES string of the molecule is CCCOc1ccc(/C=C2\SC(=O)N(CCOc3cccc(C)c3)C2=O)cc1. The highest BCUT2D eigenvalue weighted by atomic mass is 32.2. The summed E-state index contributed by atoms with van der Waals surface area (Å²) in [6.07, 6.45) is 2.68. The van der Waals surface area contributed by atoms with E-state index in [1.807, 2.05) is 55.5 Å². The highest BCUT2D eigenvalue weighted by Gasteiger charge is 2.34. The van der Waals surface area contributed by atoms with Crippen molar-refractivity contribution >= 4 is 29.0 Å². The van der Waals surface area contributed by atoms with Crippen molar-refractivity contribution in [1.29, 1.82) is 0 Å². The Bertz CT molecular complexity index is 876. The molecular formula is C22H23NO4S. The first-order chi connectivity index (χ1) is 13.6. The minimum absolute atomic E-state index is 0.222. The van der Waals surface area contributed by atoms with Crippen molar-refractivity contribution in [2.24, 2.45) is 0 Å². The largest absolute Gasteiger partial charge is 0.494 e. The fraction of sp³-hybridized carbons (Fsp3) is 0.273. The van der Waals surface area contributed by atoms with Gasteiger partial charge in [-0.15, -0.1) is 0 Å². The number of aryl methyl sites for hydroxylation is 1. The van der Waals surface area contributed by atoms with Crippen LogP contribution in [0.5, 0.6) is 11.5 Å². The van der Waals surface area contributed by atoms with Crippen molar-refractivity contribution in [1.82, 2.24) is 4.90 Å². The second-order valence-electron chi connectivity index (χ2n) is 6.42. The Kier molecular flexibility index (Phi) is 6.76. The third-order valence-electron chi connectivity index (χ3n) is 4.10. The van der Waals surface area contributed by atoms with Crippen LogP contribution in [-0.2, 0) is 4.79 Å². The highest BCUT2D eigenvalue weighted by Crippen LogP contribution is 2.32. The van der Waals surface area contributed by atoms with Gasteiger partial charge in [0.15, 0.2) is 0 Å². The van der Waals surface area contributed by atoms with Crippen molar-refractivity contribution in [2.75, 3.05) is 19.8 Å². The Morgan fingerprint density at radius 3 is 2.46 bits per heavy atom. The maximum Gasteiger partial charge on any atom is 0.293 e. The van der Waals surface area contributed by atoms with Crippen LogP contribution in [0.2, 0.25) is 0 Å². The van der Waals surface area contributed by atoms with E-state index in [1.165, 1.54) is 4.90 Å². The topological polar surface area (TPSA) is 55.8 Å². The average Bonchev–Trinajstić information content (AvgIpc) is 2.95. The van der Waals surface area contributed by atoms with Crippen LogP contribution in [0.25, 0.3) is 6.08 Å². The number of carbonyl (C=O) groups excluding carboxylic acids is 2. The lowest BCUT2D eigenvalue weighted by Crippen LogP contribution is -2.32. The number of nitrogens with zero attached hydrogens (tertiary/aromatic N) is 1. The molecule has 5 nitrogen and oxygen atoms in total. The van der Waals surface area contributed by atoms with E-state index in [2.05, 4.69) is 6.92 Å².